The summed E-state index contributed by atoms with van der Waals surface area (Å²) in [6.07, 6.45) is 1.96. The second-order valence-corrected chi connectivity index (χ2v) is 5.43. The number of aromatic hydroxyl groups is 1. The molecule has 0 amide bonds. The number of hydrogen-bond acceptors (Lipinski definition) is 6. The van der Waals surface area contributed by atoms with Gasteiger partial charge in [-0.05, 0) is 28.3 Å². The van der Waals surface area contributed by atoms with Crippen molar-refractivity contribution in [3.63, 3.8) is 0 Å². The van der Waals surface area contributed by atoms with Gasteiger partial charge in [0.05, 0.1) is 0 Å². The quantitative estimate of drug-likeness (QED) is 0.700. The molecule has 1 aromatic heterocycles. The SMILES string of the molecule is CCCCn1nnnc1COC(=O)c1ccc2ccccc2c1O. The molecule has 0 spiro atoms. The summed E-state index contributed by atoms with van der Waals surface area (Å²) >= 11 is 0. The predicted octanol–water partition coefficient (Wildman–Crippen LogP) is 2.69. The van der Waals surface area contributed by atoms with Gasteiger partial charge < -0.3 is 9.84 Å². The van der Waals surface area contributed by atoms with Gasteiger partial charge in [-0.1, -0.05) is 43.7 Å². The lowest BCUT2D eigenvalue weighted by Crippen LogP contribution is -2.11. The van der Waals surface area contributed by atoms with E-state index in [-0.39, 0.29) is 17.9 Å². The van der Waals surface area contributed by atoms with E-state index in [2.05, 4.69) is 22.4 Å². The van der Waals surface area contributed by atoms with Crippen molar-refractivity contribution in [1.29, 1.82) is 0 Å². The number of carbonyl (C=O) groups is 1. The lowest BCUT2D eigenvalue weighted by Gasteiger charge is -2.08. The molecule has 0 saturated heterocycles. The highest BCUT2D eigenvalue weighted by molar-refractivity contribution is 6.01. The minimum atomic E-state index is -0.608. The largest absolute Gasteiger partial charge is 0.506 e. The Hall–Kier alpha value is -2.96. The number of ether oxygens (including phenoxy) is 1. The summed E-state index contributed by atoms with van der Waals surface area (Å²) in [5.41, 5.74) is 0.126. The molecule has 0 unspecified atom stereocenters. The zero-order valence-corrected chi connectivity index (χ0v) is 13.3. The average Bonchev–Trinajstić information content (AvgIpc) is 3.06. The van der Waals surface area contributed by atoms with Crippen molar-refractivity contribution in [2.75, 3.05) is 0 Å². The molecule has 0 atom stereocenters. The fraction of sp³-hybridized carbons (Fsp3) is 0.294. The van der Waals surface area contributed by atoms with Gasteiger partial charge in [0.15, 0.2) is 12.4 Å². The maximum Gasteiger partial charge on any atom is 0.342 e. The Balaban J connectivity index is 1.74. The van der Waals surface area contributed by atoms with Gasteiger partial charge in [0.2, 0.25) is 0 Å². The van der Waals surface area contributed by atoms with Gasteiger partial charge in [-0.25, -0.2) is 9.48 Å². The molecule has 24 heavy (non-hydrogen) atoms. The summed E-state index contributed by atoms with van der Waals surface area (Å²) in [6.45, 7) is 2.71. The van der Waals surface area contributed by atoms with Crippen molar-refractivity contribution in [1.82, 2.24) is 20.2 Å². The Morgan fingerprint density at radius 3 is 2.92 bits per heavy atom. The normalized spacial score (nSPS) is 10.9. The van der Waals surface area contributed by atoms with Crippen LogP contribution >= 0.6 is 0 Å². The Morgan fingerprint density at radius 1 is 1.25 bits per heavy atom. The predicted molar refractivity (Wildman–Crippen MR) is 87.5 cm³/mol. The van der Waals surface area contributed by atoms with Gasteiger partial charge in [-0.2, -0.15) is 0 Å². The number of tetrazole rings is 1. The number of fused-ring (bicyclic) bond motifs is 1. The maximum atomic E-state index is 12.3. The first kappa shape index (κ1) is 15.9. The van der Waals surface area contributed by atoms with Crippen molar-refractivity contribution >= 4 is 16.7 Å². The summed E-state index contributed by atoms with van der Waals surface area (Å²) in [4.78, 5) is 12.3. The third-order valence-electron chi connectivity index (χ3n) is 3.78. The molecule has 3 rings (SSSR count). The zero-order chi connectivity index (χ0) is 16.9. The van der Waals surface area contributed by atoms with E-state index in [9.17, 15) is 9.90 Å². The van der Waals surface area contributed by atoms with Crippen molar-refractivity contribution in [3.05, 3.63) is 47.8 Å². The van der Waals surface area contributed by atoms with Crippen LogP contribution in [0.4, 0.5) is 0 Å². The van der Waals surface area contributed by atoms with Crippen LogP contribution in [0.1, 0.15) is 35.9 Å². The highest BCUT2D eigenvalue weighted by Crippen LogP contribution is 2.29. The minimum Gasteiger partial charge on any atom is -0.506 e. The molecule has 0 aliphatic rings. The van der Waals surface area contributed by atoms with Gasteiger partial charge >= 0.3 is 5.97 Å². The first-order valence-electron chi connectivity index (χ1n) is 7.83. The molecule has 0 fully saturated rings. The van der Waals surface area contributed by atoms with E-state index in [0.29, 0.717) is 17.8 Å². The summed E-state index contributed by atoms with van der Waals surface area (Å²) in [5.74, 6) is -0.205. The molecule has 0 aliphatic heterocycles. The van der Waals surface area contributed by atoms with Gasteiger partial charge in [0.1, 0.15) is 11.3 Å². The van der Waals surface area contributed by atoms with Crippen LogP contribution in [0.2, 0.25) is 0 Å². The molecule has 2 aromatic carbocycles. The maximum absolute atomic E-state index is 12.3. The van der Waals surface area contributed by atoms with Crippen molar-refractivity contribution in [2.45, 2.75) is 32.9 Å². The van der Waals surface area contributed by atoms with Gasteiger partial charge in [-0.3, -0.25) is 0 Å². The molecule has 0 bridgehead atoms. The van der Waals surface area contributed by atoms with Crippen LogP contribution in [0.5, 0.6) is 5.75 Å². The number of carbonyl (C=O) groups excluding carboxylic acids is 1. The van der Waals surface area contributed by atoms with E-state index in [1.165, 1.54) is 0 Å². The van der Waals surface area contributed by atoms with E-state index in [1.54, 1.807) is 28.9 Å². The molecule has 1 N–H and O–H groups in total. The van der Waals surface area contributed by atoms with E-state index in [4.69, 9.17) is 4.74 Å². The topological polar surface area (TPSA) is 90.1 Å². The summed E-state index contributed by atoms with van der Waals surface area (Å²) in [7, 11) is 0. The number of phenols is 1. The van der Waals surface area contributed by atoms with Crippen LogP contribution in [0, 0.1) is 0 Å². The number of nitrogens with zero attached hydrogens (tertiary/aromatic N) is 4. The van der Waals surface area contributed by atoms with Gasteiger partial charge in [-0.15, -0.1) is 5.10 Å². The lowest BCUT2D eigenvalue weighted by molar-refractivity contribution is 0.0453. The number of rotatable bonds is 6. The second-order valence-electron chi connectivity index (χ2n) is 5.43. The molecule has 1 heterocycles. The van der Waals surface area contributed by atoms with E-state index >= 15 is 0 Å². The minimum absolute atomic E-state index is 0.0399. The number of aryl methyl sites for hydroxylation is 1. The highest BCUT2D eigenvalue weighted by atomic mass is 16.5. The molecule has 124 valence electrons. The van der Waals surface area contributed by atoms with E-state index < -0.39 is 5.97 Å². The van der Waals surface area contributed by atoms with E-state index in [1.807, 2.05) is 12.1 Å². The first-order chi connectivity index (χ1) is 11.7. The Labute approximate surface area is 138 Å². The van der Waals surface area contributed by atoms with Gasteiger partial charge in [0, 0.05) is 11.9 Å². The van der Waals surface area contributed by atoms with Crippen LogP contribution in [0.15, 0.2) is 36.4 Å². The number of aromatic nitrogens is 4. The van der Waals surface area contributed by atoms with Crippen LogP contribution < -0.4 is 0 Å². The number of benzene rings is 2. The smallest absolute Gasteiger partial charge is 0.342 e. The summed E-state index contributed by atoms with van der Waals surface area (Å²) in [5, 5.41) is 23.1. The molecular formula is C17H18N4O3. The van der Waals surface area contributed by atoms with Crippen LogP contribution in [-0.2, 0) is 17.9 Å². The first-order valence-corrected chi connectivity index (χ1v) is 7.83. The molecule has 7 nitrogen and oxygen atoms in total. The summed E-state index contributed by atoms with van der Waals surface area (Å²) in [6, 6.07) is 10.6. The third-order valence-corrected chi connectivity index (χ3v) is 3.78. The Bertz CT molecular complexity index is 860. The van der Waals surface area contributed by atoms with Gasteiger partial charge in [0.25, 0.3) is 0 Å². The fourth-order valence-corrected chi connectivity index (χ4v) is 2.44. The number of esters is 1. The van der Waals surface area contributed by atoms with Crippen LogP contribution in [-0.4, -0.2) is 31.3 Å². The third kappa shape index (κ3) is 3.19. The molecule has 7 heteroatoms. The Morgan fingerprint density at radius 2 is 2.08 bits per heavy atom. The standard InChI is InChI=1S/C17H18N4O3/c1-2-3-10-21-15(18-19-20-21)11-24-17(23)14-9-8-12-6-4-5-7-13(12)16(14)22/h4-9,22H,2-3,10-11H2,1H3. The van der Waals surface area contributed by atoms with E-state index in [0.717, 1.165) is 18.2 Å². The zero-order valence-electron chi connectivity index (χ0n) is 13.3. The van der Waals surface area contributed by atoms with Crippen molar-refractivity contribution in [2.24, 2.45) is 0 Å². The Kier molecular flexibility index (Phi) is 4.69. The van der Waals surface area contributed by atoms with Crippen LogP contribution in [0.3, 0.4) is 0 Å². The molecule has 3 aromatic rings. The molecular weight excluding hydrogens is 308 g/mol. The molecule has 0 aliphatic carbocycles. The second kappa shape index (κ2) is 7.08. The van der Waals surface area contributed by atoms with Crippen molar-refractivity contribution < 1.29 is 14.6 Å². The average molecular weight is 326 g/mol. The lowest BCUT2D eigenvalue weighted by atomic mass is 10.1. The van der Waals surface area contributed by atoms with Crippen LogP contribution in [0.25, 0.3) is 10.8 Å². The highest BCUT2D eigenvalue weighted by Gasteiger charge is 2.16. The molecule has 0 radical (unpaired) electrons. The number of hydrogen-bond donors (Lipinski definition) is 1. The van der Waals surface area contributed by atoms with Crippen molar-refractivity contribution in [3.8, 4) is 5.75 Å². The molecule has 0 saturated carbocycles. The fourth-order valence-electron chi connectivity index (χ4n) is 2.44. The number of phenolic OH excluding ortho intramolecular Hbond substituents is 1. The monoisotopic (exact) mass is 326 g/mol. The number of unbranched alkanes of at least 4 members (excludes halogenated alkanes) is 1. The summed E-state index contributed by atoms with van der Waals surface area (Å²) < 4.78 is 6.88.